The van der Waals surface area contributed by atoms with Crippen molar-refractivity contribution in [2.45, 2.75) is 4.90 Å². The summed E-state index contributed by atoms with van der Waals surface area (Å²) in [6.45, 7) is 0. The van der Waals surface area contributed by atoms with Crippen LogP contribution in [0.25, 0.3) is 44.3 Å². The van der Waals surface area contributed by atoms with Gasteiger partial charge in [-0.1, -0.05) is 24.3 Å². The fourth-order valence-corrected chi connectivity index (χ4v) is 4.91. The summed E-state index contributed by atoms with van der Waals surface area (Å²) in [5.41, 5.74) is 9.40. The number of hydrogen-bond acceptors (Lipinski definition) is 6. The molecule has 0 amide bonds. The number of nitrogens with one attached hydrogen (secondary N) is 2. The molecule has 5 rings (SSSR count). The molecule has 33 heavy (non-hydrogen) atoms. The second kappa shape index (κ2) is 7.29. The minimum Gasteiger partial charge on any atom is -0.369 e. The van der Waals surface area contributed by atoms with Gasteiger partial charge >= 0.3 is 0 Å². The number of hydrogen-bond donors (Lipinski definition) is 3. The second-order valence-corrected chi connectivity index (χ2v) is 10.0. The number of anilines is 1. The second-order valence-electron chi connectivity index (χ2n) is 7.87. The Balaban J connectivity index is 1.82. The molecule has 0 unspecified atom stereocenters. The van der Waals surface area contributed by atoms with Crippen LogP contribution in [-0.2, 0) is 17.1 Å². The summed E-state index contributed by atoms with van der Waals surface area (Å²) in [6, 6.07) is 12.2. The summed E-state index contributed by atoms with van der Waals surface area (Å²) >= 11 is 0. The number of nitrogens with two attached hydrogens (primary N) is 1. The molecule has 5 aromatic rings. The lowest BCUT2D eigenvalue weighted by Gasteiger charge is -2.12. The molecule has 0 saturated carbocycles. The third kappa shape index (κ3) is 3.20. The monoisotopic (exact) mass is 463 g/mol. The van der Waals surface area contributed by atoms with E-state index in [2.05, 4.69) is 20.1 Å². The van der Waals surface area contributed by atoms with Crippen LogP contribution in [0.15, 0.2) is 58.4 Å². The number of aryl methyl sites for hydroxylation is 1. The lowest BCUT2D eigenvalue weighted by atomic mass is 9.97. The summed E-state index contributed by atoms with van der Waals surface area (Å²) in [5.74, 6) is -0.00105. The van der Waals surface area contributed by atoms with Crippen LogP contribution < -0.4 is 11.3 Å². The van der Waals surface area contributed by atoms with Crippen LogP contribution in [-0.4, -0.2) is 51.6 Å². The van der Waals surface area contributed by atoms with Crippen LogP contribution in [0, 0.1) is 0 Å². The molecule has 0 fully saturated rings. The van der Waals surface area contributed by atoms with Gasteiger partial charge in [0, 0.05) is 32.1 Å². The predicted molar refractivity (Wildman–Crippen MR) is 127 cm³/mol. The van der Waals surface area contributed by atoms with E-state index in [0.717, 1.165) is 20.8 Å². The SMILES string of the molecule is CN(C)S(=O)(=O)c1ccc(-c2[nH]c3nc(N)[nH]c(=O)c3c2-c2cccc3c2cnn3C)cc1. The van der Waals surface area contributed by atoms with E-state index >= 15 is 0 Å². The van der Waals surface area contributed by atoms with Crippen molar-refractivity contribution in [3.05, 3.63) is 59.0 Å². The molecule has 0 saturated heterocycles. The molecule has 10 nitrogen and oxygen atoms in total. The van der Waals surface area contributed by atoms with Crippen molar-refractivity contribution < 1.29 is 8.42 Å². The van der Waals surface area contributed by atoms with Gasteiger partial charge in [0.2, 0.25) is 16.0 Å². The van der Waals surface area contributed by atoms with Crippen LogP contribution in [0.5, 0.6) is 0 Å². The Kier molecular flexibility index (Phi) is 4.62. The van der Waals surface area contributed by atoms with Gasteiger partial charge in [-0.3, -0.25) is 14.5 Å². The van der Waals surface area contributed by atoms with E-state index in [9.17, 15) is 13.2 Å². The summed E-state index contributed by atoms with van der Waals surface area (Å²) in [7, 11) is 1.24. The average Bonchev–Trinajstić information content (AvgIpc) is 3.35. The number of nitrogens with zero attached hydrogens (tertiary/aromatic N) is 4. The molecule has 0 spiro atoms. The number of rotatable bonds is 4. The fourth-order valence-electron chi connectivity index (χ4n) is 4.00. The van der Waals surface area contributed by atoms with Gasteiger partial charge in [-0.25, -0.2) is 12.7 Å². The lowest BCUT2D eigenvalue weighted by molar-refractivity contribution is 0.521. The molecule has 0 atom stereocenters. The Labute approximate surface area is 188 Å². The van der Waals surface area contributed by atoms with E-state index < -0.39 is 10.0 Å². The predicted octanol–water partition coefficient (Wildman–Crippen LogP) is 2.30. The highest BCUT2D eigenvalue weighted by Crippen LogP contribution is 2.39. The summed E-state index contributed by atoms with van der Waals surface area (Å²) in [6.07, 6.45) is 1.75. The minimum absolute atomic E-state index is 0.00105. The summed E-state index contributed by atoms with van der Waals surface area (Å²) in [4.78, 5) is 23.2. The van der Waals surface area contributed by atoms with Crippen LogP contribution in [0.1, 0.15) is 0 Å². The van der Waals surface area contributed by atoms with Gasteiger partial charge in [-0.15, -0.1) is 0 Å². The molecule has 0 aliphatic rings. The first-order valence-corrected chi connectivity index (χ1v) is 11.5. The molecule has 0 radical (unpaired) electrons. The number of H-pyrrole nitrogens is 2. The smallest absolute Gasteiger partial charge is 0.262 e. The molecule has 11 heteroatoms. The summed E-state index contributed by atoms with van der Waals surface area (Å²) in [5, 5.41) is 5.58. The van der Waals surface area contributed by atoms with Gasteiger partial charge in [0.05, 0.1) is 27.7 Å². The van der Waals surface area contributed by atoms with Crippen molar-refractivity contribution in [2.24, 2.45) is 7.05 Å². The number of nitrogen functional groups attached to an aromatic ring is 1. The van der Waals surface area contributed by atoms with E-state index in [4.69, 9.17) is 5.73 Å². The van der Waals surface area contributed by atoms with Crippen molar-refractivity contribution >= 4 is 37.9 Å². The molecule has 2 aromatic carbocycles. The zero-order valence-corrected chi connectivity index (χ0v) is 18.9. The van der Waals surface area contributed by atoms with E-state index in [0.29, 0.717) is 27.9 Å². The van der Waals surface area contributed by atoms with Crippen LogP contribution >= 0.6 is 0 Å². The zero-order chi connectivity index (χ0) is 23.5. The van der Waals surface area contributed by atoms with Crippen molar-refractivity contribution in [1.82, 2.24) is 29.0 Å². The highest BCUT2D eigenvalue weighted by atomic mass is 32.2. The largest absolute Gasteiger partial charge is 0.369 e. The van der Waals surface area contributed by atoms with Crippen molar-refractivity contribution in [1.29, 1.82) is 0 Å². The molecular formula is C22H21N7O3S. The molecule has 3 aromatic heterocycles. The van der Waals surface area contributed by atoms with Gasteiger partial charge in [-0.05, 0) is 29.3 Å². The van der Waals surface area contributed by atoms with E-state index in [1.165, 1.54) is 26.2 Å². The van der Waals surface area contributed by atoms with Crippen LogP contribution in [0.3, 0.4) is 0 Å². The maximum absolute atomic E-state index is 12.9. The standard InChI is InChI=1S/C22H21N7O3S/c1-28(2)33(31,32)13-9-7-12(8-10-13)19-17(18-20(25-19)26-22(23)27-21(18)30)14-5-4-6-16-15(14)11-24-29(16)3/h4-11H,1-3H3,(H4,23,25,26,27,30). The molecule has 3 heterocycles. The van der Waals surface area contributed by atoms with Gasteiger partial charge in [0.15, 0.2) is 0 Å². The number of benzene rings is 2. The quantitative estimate of drug-likeness (QED) is 0.373. The third-order valence-electron chi connectivity index (χ3n) is 5.66. The van der Waals surface area contributed by atoms with E-state index in [1.807, 2.05) is 25.2 Å². The molecule has 0 aliphatic carbocycles. The number of fused-ring (bicyclic) bond motifs is 2. The number of aromatic amines is 2. The highest BCUT2D eigenvalue weighted by Gasteiger charge is 2.23. The van der Waals surface area contributed by atoms with Crippen LogP contribution in [0.4, 0.5) is 5.95 Å². The first kappa shape index (κ1) is 20.9. The highest BCUT2D eigenvalue weighted by molar-refractivity contribution is 7.89. The van der Waals surface area contributed by atoms with Gasteiger partial charge in [0.25, 0.3) is 5.56 Å². The minimum atomic E-state index is -3.57. The first-order valence-electron chi connectivity index (χ1n) is 10.0. The van der Waals surface area contributed by atoms with Gasteiger partial charge in [0.1, 0.15) is 5.65 Å². The van der Waals surface area contributed by atoms with Crippen molar-refractivity contribution in [3.8, 4) is 22.4 Å². The fraction of sp³-hybridized carbons (Fsp3) is 0.136. The third-order valence-corrected chi connectivity index (χ3v) is 7.49. The first-order chi connectivity index (χ1) is 15.7. The van der Waals surface area contributed by atoms with Gasteiger partial charge in [-0.2, -0.15) is 10.1 Å². The van der Waals surface area contributed by atoms with E-state index in [1.54, 1.807) is 23.0 Å². The molecule has 0 aliphatic heterocycles. The molecular weight excluding hydrogens is 442 g/mol. The Hall–Kier alpha value is -3.96. The maximum Gasteiger partial charge on any atom is 0.262 e. The number of sulfonamides is 1. The summed E-state index contributed by atoms with van der Waals surface area (Å²) < 4.78 is 27.9. The molecule has 4 N–H and O–H groups in total. The normalized spacial score (nSPS) is 12.2. The van der Waals surface area contributed by atoms with E-state index in [-0.39, 0.29) is 16.4 Å². The molecule has 168 valence electrons. The van der Waals surface area contributed by atoms with Gasteiger partial charge < -0.3 is 10.7 Å². The Morgan fingerprint density at radius 2 is 1.79 bits per heavy atom. The topological polar surface area (TPSA) is 143 Å². The zero-order valence-electron chi connectivity index (χ0n) is 18.1. The molecule has 0 bridgehead atoms. The average molecular weight is 464 g/mol. The lowest BCUT2D eigenvalue weighted by Crippen LogP contribution is -2.22. The maximum atomic E-state index is 12.9. The van der Waals surface area contributed by atoms with Crippen molar-refractivity contribution in [2.75, 3.05) is 19.8 Å². The van der Waals surface area contributed by atoms with Crippen LogP contribution in [0.2, 0.25) is 0 Å². The Morgan fingerprint density at radius 3 is 2.48 bits per heavy atom. The Morgan fingerprint density at radius 1 is 1.06 bits per heavy atom. The van der Waals surface area contributed by atoms with Crippen molar-refractivity contribution in [3.63, 3.8) is 0 Å². The number of aromatic nitrogens is 5. The Bertz CT molecular complexity index is 1690.